The van der Waals surface area contributed by atoms with Crippen molar-refractivity contribution in [3.8, 4) is 0 Å². The van der Waals surface area contributed by atoms with E-state index in [-0.39, 0.29) is 0 Å². The first-order chi connectivity index (χ1) is 6.73. The Morgan fingerprint density at radius 3 is 2.86 bits per heavy atom. The van der Waals surface area contributed by atoms with Crippen LogP contribution in [0.3, 0.4) is 0 Å². The van der Waals surface area contributed by atoms with Gasteiger partial charge in [-0.3, -0.25) is 4.79 Å². The maximum Gasteiger partial charge on any atom is 0.133 e. The van der Waals surface area contributed by atoms with Gasteiger partial charge in [0.25, 0.3) is 0 Å². The number of carbonyl (C=O) groups excluding carboxylic acids is 1. The first-order valence-electron chi connectivity index (χ1n) is 5.20. The Morgan fingerprint density at radius 1 is 1.50 bits per heavy atom. The summed E-state index contributed by atoms with van der Waals surface area (Å²) in [5, 5.41) is 0. The first-order valence-corrected chi connectivity index (χ1v) is 5.20. The van der Waals surface area contributed by atoms with Crippen LogP contribution in [0.25, 0.3) is 0 Å². The Balaban J connectivity index is 2.20. The second-order valence-electron chi connectivity index (χ2n) is 4.36. The Kier molecular flexibility index (Phi) is 2.18. The number of carbonyl (C=O) groups is 1. The van der Waals surface area contributed by atoms with E-state index in [9.17, 15) is 4.79 Å². The van der Waals surface area contributed by atoms with E-state index in [4.69, 9.17) is 0 Å². The molecule has 14 heavy (non-hydrogen) atoms. The van der Waals surface area contributed by atoms with Crippen LogP contribution in [-0.4, -0.2) is 5.78 Å². The molecular weight excluding hydrogens is 172 g/mol. The van der Waals surface area contributed by atoms with Crippen LogP contribution in [0.5, 0.6) is 0 Å². The first kappa shape index (κ1) is 9.45. The minimum absolute atomic E-state index is 0.295. The van der Waals surface area contributed by atoms with E-state index >= 15 is 0 Å². The number of hydrogen-bond donors (Lipinski definition) is 0. The van der Waals surface area contributed by atoms with Crippen molar-refractivity contribution in [3.05, 3.63) is 37.0 Å². The summed E-state index contributed by atoms with van der Waals surface area (Å²) < 4.78 is 0. The quantitative estimate of drug-likeness (QED) is 0.622. The summed E-state index contributed by atoms with van der Waals surface area (Å²) >= 11 is 0. The zero-order valence-corrected chi connectivity index (χ0v) is 8.46. The van der Waals surface area contributed by atoms with Crippen LogP contribution in [0, 0.1) is 11.3 Å². The van der Waals surface area contributed by atoms with Gasteiger partial charge < -0.3 is 0 Å². The monoisotopic (exact) mass is 188 g/mol. The molecule has 0 saturated heterocycles. The molecule has 0 radical (unpaired) electrons. The zero-order valence-electron chi connectivity index (χ0n) is 8.46. The Bertz CT molecular complexity index is 324. The van der Waals surface area contributed by atoms with Gasteiger partial charge in [0, 0.05) is 12.8 Å². The van der Waals surface area contributed by atoms with Gasteiger partial charge >= 0.3 is 0 Å². The molecule has 0 aromatic heterocycles. The van der Waals surface area contributed by atoms with Gasteiger partial charge in [-0.1, -0.05) is 31.4 Å². The third-order valence-corrected chi connectivity index (χ3v) is 3.65. The predicted molar refractivity (Wildman–Crippen MR) is 57.9 cm³/mol. The Labute approximate surface area is 85.2 Å². The minimum Gasteiger partial charge on any atom is -0.300 e. The third kappa shape index (κ3) is 1.28. The highest BCUT2D eigenvalue weighted by Crippen LogP contribution is 2.64. The van der Waals surface area contributed by atoms with E-state index in [0.29, 0.717) is 17.1 Å². The van der Waals surface area contributed by atoms with Crippen LogP contribution >= 0.6 is 0 Å². The molecule has 2 rings (SSSR count). The molecule has 0 amide bonds. The fourth-order valence-electron chi connectivity index (χ4n) is 2.76. The van der Waals surface area contributed by atoms with Crippen LogP contribution in [-0.2, 0) is 4.79 Å². The summed E-state index contributed by atoms with van der Waals surface area (Å²) in [5.74, 6) is 1.03. The fraction of sp³-hybridized carbons (Fsp3) is 0.462. The molecule has 0 N–H and O–H groups in total. The highest BCUT2D eigenvalue weighted by molar-refractivity contribution is 5.81. The molecule has 74 valence electrons. The van der Waals surface area contributed by atoms with Gasteiger partial charge in [0.05, 0.1) is 0 Å². The molecule has 2 aliphatic carbocycles. The highest BCUT2D eigenvalue weighted by Gasteiger charge is 2.57. The van der Waals surface area contributed by atoms with Crippen LogP contribution < -0.4 is 0 Å². The number of ketones is 1. The van der Waals surface area contributed by atoms with Gasteiger partial charge in [-0.15, -0.1) is 0 Å². The number of fused-ring (bicyclic) bond motifs is 1. The number of allylic oxidation sites excluding steroid dienone is 4. The molecule has 0 heterocycles. The normalized spacial score (nSPS) is 36.1. The van der Waals surface area contributed by atoms with Gasteiger partial charge in [-0.2, -0.15) is 0 Å². The zero-order chi connectivity index (χ0) is 10.2. The molecule has 1 nitrogen and oxygen atoms in total. The largest absolute Gasteiger partial charge is 0.300 e. The second kappa shape index (κ2) is 3.23. The molecule has 0 spiro atoms. The van der Waals surface area contributed by atoms with E-state index in [1.807, 2.05) is 18.2 Å². The number of Topliss-reactive ketones (excluding diaryl/α,β-unsaturated/α-hetero) is 1. The third-order valence-electron chi connectivity index (χ3n) is 3.65. The predicted octanol–water partition coefficient (Wildman–Crippen LogP) is 3.04. The van der Waals surface area contributed by atoms with Crippen molar-refractivity contribution in [1.29, 1.82) is 0 Å². The molecule has 0 bridgehead atoms. The molecule has 1 heteroatoms. The molecule has 2 atom stereocenters. The van der Waals surface area contributed by atoms with Crippen molar-refractivity contribution in [2.45, 2.75) is 25.7 Å². The summed E-state index contributed by atoms with van der Waals surface area (Å²) in [6, 6.07) is 0. The molecule has 0 aromatic rings. The minimum atomic E-state index is 0.295. The Morgan fingerprint density at radius 2 is 2.29 bits per heavy atom. The summed E-state index contributed by atoms with van der Waals surface area (Å²) in [6.07, 6.45) is 9.51. The lowest BCUT2D eigenvalue weighted by atomic mass is 9.81. The van der Waals surface area contributed by atoms with Crippen LogP contribution in [0.15, 0.2) is 37.0 Å². The van der Waals surface area contributed by atoms with E-state index in [0.717, 1.165) is 19.3 Å². The summed E-state index contributed by atoms with van der Waals surface area (Å²) in [7, 11) is 0. The van der Waals surface area contributed by atoms with E-state index in [1.54, 1.807) is 0 Å². The topological polar surface area (TPSA) is 17.1 Å². The van der Waals surface area contributed by atoms with Crippen molar-refractivity contribution < 1.29 is 4.79 Å². The number of hydrogen-bond acceptors (Lipinski definition) is 1. The lowest BCUT2D eigenvalue weighted by Gasteiger charge is -2.22. The molecule has 2 unspecified atom stereocenters. The van der Waals surface area contributed by atoms with Crippen molar-refractivity contribution in [3.63, 3.8) is 0 Å². The van der Waals surface area contributed by atoms with Crippen molar-refractivity contribution in [2.24, 2.45) is 11.3 Å². The van der Waals surface area contributed by atoms with E-state index in [1.165, 1.54) is 12.0 Å². The molecule has 2 aliphatic rings. The van der Waals surface area contributed by atoms with Crippen LogP contribution in [0.1, 0.15) is 25.7 Å². The van der Waals surface area contributed by atoms with Crippen LogP contribution in [0.4, 0.5) is 0 Å². The summed E-state index contributed by atoms with van der Waals surface area (Å²) in [5.41, 5.74) is 1.58. The van der Waals surface area contributed by atoms with Crippen LogP contribution in [0.2, 0.25) is 0 Å². The van der Waals surface area contributed by atoms with Gasteiger partial charge in [0.1, 0.15) is 5.78 Å². The Hall–Kier alpha value is -1.11. The molecule has 2 saturated carbocycles. The molecular formula is C13H16O. The van der Waals surface area contributed by atoms with Crippen molar-refractivity contribution in [2.75, 3.05) is 0 Å². The molecule has 2 fully saturated rings. The van der Waals surface area contributed by atoms with Crippen molar-refractivity contribution >= 4 is 5.78 Å². The van der Waals surface area contributed by atoms with Gasteiger partial charge in [0.2, 0.25) is 0 Å². The standard InChI is InChI=1S/C13H16O/c1-3-5-10(4-2)13-7-6-12(14)8-11(13)9-13/h3-5,11H,1-2,6-9H2/b10-5+. The van der Waals surface area contributed by atoms with E-state index in [2.05, 4.69) is 13.2 Å². The smallest absolute Gasteiger partial charge is 0.133 e. The average Bonchev–Trinajstić information content (AvgIpc) is 2.88. The SMILES string of the molecule is C=C/C=C(\C=C)C12CCC(=O)CC1C2. The number of rotatable bonds is 3. The summed E-state index contributed by atoms with van der Waals surface area (Å²) in [6.45, 7) is 7.56. The molecule has 0 aromatic carbocycles. The highest BCUT2D eigenvalue weighted by atomic mass is 16.1. The van der Waals surface area contributed by atoms with Gasteiger partial charge in [-0.05, 0) is 29.7 Å². The lowest BCUT2D eigenvalue weighted by molar-refractivity contribution is -0.120. The molecule has 0 aliphatic heterocycles. The summed E-state index contributed by atoms with van der Waals surface area (Å²) in [4.78, 5) is 11.2. The van der Waals surface area contributed by atoms with Gasteiger partial charge in [-0.25, -0.2) is 0 Å². The maximum absolute atomic E-state index is 11.2. The average molecular weight is 188 g/mol. The van der Waals surface area contributed by atoms with Crippen molar-refractivity contribution in [1.82, 2.24) is 0 Å². The maximum atomic E-state index is 11.2. The second-order valence-corrected chi connectivity index (χ2v) is 4.36. The fourth-order valence-corrected chi connectivity index (χ4v) is 2.76. The van der Waals surface area contributed by atoms with E-state index < -0.39 is 0 Å². The lowest BCUT2D eigenvalue weighted by Crippen LogP contribution is -2.17. The van der Waals surface area contributed by atoms with Gasteiger partial charge in [0.15, 0.2) is 0 Å².